The molecule has 0 bridgehead atoms. The third-order valence-corrected chi connectivity index (χ3v) is 4.87. The van der Waals surface area contributed by atoms with Crippen molar-refractivity contribution in [2.45, 2.75) is 25.4 Å². The number of esters is 3. The van der Waals surface area contributed by atoms with Crippen LogP contribution in [0.4, 0.5) is 5.69 Å². The summed E-state index contributed by atoms with van der Waals surface area (Å²) in [5.41, 5.74) is 2.93. The monoisotopic (exact) mass is 468 g/mol. The van der Waals surface area contributed by atoms with Crippen LogP contribution in [0.15, 0.2) is 54.6 Å². The molecule has 0 aliphatic heterocycles. The van der Waals surface area contributed by atoms with Gasteiger partial charge in [0.15, 0.2) is 0 Å². The van der Waals surface area contributed by atoms with Crippen LogP contribution in [0.25, 0.3) is 6.08 Å². The van der Waals surface area contributed by atoms with Gasteiger partial charge in [0, 0.05) is 30.3 Å². The second-order valence-electron chi connectivity index (χ2n) is 7.20. The van der Waals surface area contributed by atoms with Crippen molar-refractivity contribution in [3.05, 3.63) is 71.3 Å². The third-order valence-electron chi connectivity index (χ3n) is 4.87. The van der Waals surface area contributed by atoms with Crippen molar-refractivity contribution in [2.75, 3.05) is 26.6 Å². The van der Waals surface area contributed by atoms with Crippen molar-refractivity contribution < 1.29 is 33.4 Å². The maximum absolute atomic E-state index is 12.7. The Labute approximate surface area is 198 Å². The third kappa shape index (κ3) is 8.42. The number of carbonyl (C=O) groups excluding carboxylic acids is 4. The second-order valence-corrected chi connectivity index (χ2v) is 7.20. The zero-order valence-electron chi connectivity index (χ0n) is 19.3. The van der Waals surface area contributed by atoms with Gasteiger partial charge in [-0.25, -0.2) is 9.59 Å². The Morgan fingerprint density at radius 1 is 0.941 bits per heavy atom. The number of ether oxygens (including phenoxy) is 3. The van der Waals surface area contributed by atoms with Gasteiger partial charge in [-0.05, 0) is 47.9 Å². The number of rotatable bonds is 11. The summed E-state index contributed by atoms with van der Waals surface area (Å²) in [7, 11) is 3.79. The zero-order valence-corrected chi connectivity index (χ0v) is 19.3. The van der Waals surface area contributed by atoms with Crippen molar-refractivity contribution >= 4 is 35.6 Å². The van der Waals surface area contributed by atoms with Gasteiger partial charge in [-0.1, -0.05) is 24.3 Å². The molecular formula is C25H28N2O7. The summed E-state index contributed by atoms with van der Waals surface area (Å²) in [4.78, 5) is 47.3. The van der Waals surface area contributed by atoms with Gasteiger partial charge in [0.25, 0.3) is 5.91 Å². The molecule has 0 heterocycles. The molecule has 0 spiro atoms. The van der Waals surface area contributed by atoms with E-state index >= 15 is 0 Å². The number of carbonyl (C=O) groups is 4. The summed E-state index contributed by atoms with van der Waals surface area (Å²) in [5, 5.41) is 5.88. The molecule has 0 saturated carbocycles. The minimum absolute atomic E-state index is 0.0300. The van der Waals surface area contributed by atoms with E-state index in [1.165, 1.54) is 27.4 Å². The summed E-state index contributed by atoms with van der Waals surface area (Å²) in [6.45, 7) is 0.460. The maximum atomic E-state index is 12.7. The predicted molar refractivity (Wildman–Crippen MR) is 126 cm³/mol. The first-order valence-electron chi connectivity index (χ1n) is 10.5. The van der Waals surface area contributed by atoms with Crippen LogP contribution in [0, 0.1) is 0 Å². The van der Waals surface area contributed by atoms with Crippen LogP contribution in [0.3, 0.4) is 0 Å². The van der Waals surface area contributed by atoms with Crippen molar-refractivity contribution in [1.82, 2.24) is 5.32 Å². The molecular weight excluding hydrogens is 440 g/mol. The fourth-order valence-corrected chi connectivity index (χ4v) is 2.97. The number of methoxy groups -OCH3 is 3. The van der Waals surface area contributed by atoms with Crippen LogP contribution < -0.4 is 10.6 Å². The fraction of sp³-hybridized carbons (Fsp3) is 0.280. The molecule has 180 valence electrons. The highest BCUT2D eigenvalue weighted by atomic mass is 16.5. The number of amides is 1. The van der Waals surface area contributed by atoms with E-state index in [9.17, 15) is 19.2 Å². The van der Waals surface area contributed by atoms with E-state index in [-0.39, 0.29) is 12.8 Å². The Morgan fingerprint density at radius 3 is 2.32 bits per heavy atom. The lowest BCUT2D eigenvalue weighted by atomic mass is 10.1. The summed E-state index contributed by atoms with van der Waals surface area (Å²) in [6.07, 6.45) is 3.04. The Hall–Kier alpha value is -4.14. The summed E-state index contributed by atoms with van der Waals surface area (Å²) >= 11 is 0. The molecule has 1 atom stereocenters. The van der Waals surface area contributed by atoms with Crippen LogP contribution in [0.2, 0.25) is 0 Å². The van der Waals surface area contributed by atoms with Gasteiger partial charge in [0.05, 0.1) is 21.3 Å². The molecule has 34 heavy (non-hydrogen) atoms. The predicted octanol–water partition coefficient (Wildman–Crippen LogP) is 2.71. The first kappa shape index (κ1) is 26.1. The Morgan fingerprint density at radius 2 is 1.68 bits per heavy atom. The molecule has 0 aromatic heterocycles. The minimum atomic E-state index is -0.967. The van der Waals surface area contributed by atoms with Crippen LogP contribution >= 0.6 is 0 Å². The lowest BCUT2D eigenvalue weighted by Crippen LogP contribution is -2.41. The molecule has 2 aromatic rings. The van der Waals surface area contributed by atoms with Crippen molar-refractivity contribution in [1.29, 1.82) is 0 Å². The smallest absolute Gasteiger partial charge is 0.330 e. The summed E-state index contributed by atoms with van der Waals surface area (Å²) < 4.78 is 13.9. The molecule has 2 rings (SSSR count). The summed E-state index contributed by atoms with van der Waals surface area (Å²) in [6, 6.07) is 13.4. The van der Waals surface area contributed by atoms with Gasteiger partial charge in [-0.3, -0.25) is 9.59 Å². The zero-order chi connectivity index (χ0) is 24.9. The van der Waals surface area contributed by atoms with Crippen LogP contribution in [-0.4, -0.2) is 51.2 Å². The number of hydrogen-bond donors (Lipinski definition) is 2. The van der Waals surface area contributed by atoms with E-state index in [4.69, 9.17) is 4.74 Å². The van der Waals surface area contributed by atoms with Crippen molar-refractivity contribution in [3.8, 4) is 0 Å². The second kappa shape index (κ2) is 13.4. The van der Waals surface area contributed by atoms with Crippen molar-refractivity contribution in [2.24, 2.45) is 0 Å². The quantitative estimate of drug-likeness (QED) is 0.293. The molecule has 0 saturated heterocycles. The number of hydrogen-bond acceptors (Lipinski definition) is 8. The number of nitrogens with one attached hydrogen (secondary N) is 2. The molecule has 0 unspecified atom stereocenters. The molecule has 0 aliphatic rings. The van der Waals surface area contributed by atoms with Crippen molar-refractivity contribution in [3.63, 3.8) is 0 Å². The highest BCUT2D eigenvalue weighted by Gasteiger charge is 2.23. The van der Waals surface area contributed by atoms with Gasteiger partial charge in [-0.2, -0.15) is 0 Å². The topological polar surface area (TPSA) is 120 Å². The highest BCUT2D eigenvalue weighted by Crippen LogP contribution is 2.14. The molecule has 2 N–H and O–H groups in total. The Balaban J connectivity index is 1.98. The molecule has 2 aromatic carbocycles. The SMILES string of the molecule is COC(=O)/C=C/c1ccc(NCc2cccc(C(=O)N[C@H](CCC(=O)OC)C(=O)OC)c2)cc1. The lowest BCUT2D eigenvalue weighted by molar-refractivity contribution is -0.144. The highest BCUT2D eigenvalue weighted by molar-refractivity contribution is 5.97. The average molecular weight is 469 g/mol. The average Bonchev–Trinajstić information content (AvgIpc) is 2.88. The Bertz CT molecular complexity index is 1030. The molecule has 9 nitrogen and oxygen atoms in total. The summed E-state index contributed by atoms with van der Waals surface area (Å²) in [5.74, 6) is -2.00. The van der Waals surface area contributed by atoms with Gasteiger partial charge >= 0.3 is 17.9 Å². The minimum Gasteiger partial charge on any atom is -0.469 e. The number of benzene rings is 2. The first-order valence-corrected chi connectivity index (χ1v) is 10.5. The van der Waals surface area contributed by atoms with Crippen LogP contribution in [-0.2, 0) is 35.1 Å². The van der Waals surface area contributed by atoms with Gasteiger partial charge in [0.2, 0.25) is 0 Å². The molecule has 0 aliphatic carbocycles. The van der Waals surface area contributed by atoms with Gasteiger partial charge in [0.1, 0.15) is 6.04 Å². The molecule has 9 heteroatoms. The largest absolute Gasteiger partial charge is 0.469 e. The van der Waals surface area contributed by atoms with Crippen LogP contribution in [0.1, 0.15) is 34.3 Å². The van der Waals surface area contributed by atoms with Gasteiger partial charge in [-0.15, -0.1) is 0 Å². The molecule has 1 amide bonds. The van der Waals surface area contributed by atoms with E-state index in [2.05, 4.69) is 20.1 Å². The van der Waals surface area contributed by atoms with Crippen LogP contribution in [0.5, 0.6) is 0 Å². The molecule has 0 fully saturated rings. The fourth-order valence-electron chi connectivity index (χ4n) is 2.97. The first-order chi connectivity index (χ1) is 16.4. The number of anilines is 1. The van der Waals surface area contributed by atoms with E-state index in [1.54, 1.807) is 24.3 Å². The normalized spacial score (nSPS) is 11.4. The van der Waals surface area contributed by atoms with Gasteiger partial charge < -0.3 is 24.8 Å². The van der Waals surface area contributed by atoms with E-state index in [0.717, 1.165) is 16.8 Å². The van der Waals surface area contributed by atoms with E-state index in [1.807, 2.05) is 30.3 Å². The van der Waals surface area contributed by atoms with E-state index in [0.29, 0.717) is 12.1 Å². The maximum Gasteiger partial charge on any atom is 0.330 e. The Kier molecular flexibility index (Phi) is 10.3. The standard InChI is InChI=1S/C25H28N2O7/c1-32-22(28)13-9-17-7-10-20(11-8-17)26-16-18-5-4-6-19(15-18)24(30)27-21(25(31)34-3)12-14-23(29)33-2/h4-11,13,15,21,26H,12,14,16H2,1-3H3,(H,27,30)/b13-9+/t21-/m1/s1. The molecule has 0 radical (unpaired) electrons. The van der Waals surface area contributed by atoms with E-state index < -0.39 is 29.9 Å². The lowest BCUT2D eigenvalue weighted by Gasteiger charge is -2.16.